The summed E-state index contributed by atoms with van der Waals surface area (Å²) in [5, 5.41) is 2.99. The molecule has 1 saturated heterocycles. The zero-order chi connectivity index (χ0) is 17.4. The number of benzene rings is 1. The van der Waals surface area contributed by atoms with Crippen LogP contribution in [-0.2, 0) is 9.53 Å². The highest BCUT2D eigenvalue weighted by Gasteiger charge is 2.28. The number of esters is 1. The fraction of sp³-hybridized carbons (Fsp3) is 0.579. The summed E-state index contributed by atoms with van der Waals surface area (Å²) in [6, 6.07) is 10.3. The van der Waals surface area contributed by atoms with Gasteiger partial charge in [-0.05, 0) is 37.7 Å². The average molecular weight is 332 g/mol. The van der Waals surface area contributed by atoms with Crippen molar-refractivity contribution in [2.45, 2.75) is 39.0 Å². The van der Waals surface area contributed by atoms with Crippen LogP contribution in [-0.4, -0.2) is 43.1 Å². The molecule has 1 aromatic carbocycles. The van der Waals surface area contributed by atoms with Crippen LogP contribution in [0, 0.1) is 5.92 Å². The van der Waals surface area contributed by atoms with Crippen LogP contribution in [0.3, 0.4) is 0 Å². The highest BCUT2D eigenvalue weighted by Crippen LogP contribution is 2.19. The first-order valence-corrected chi connectivity index (χ1v) is 8.86. The SMILES string of the molecule is CCOC(=O)C1CCN(C(=O)NCCC(C)c2ccccc2)CC1. The number of rotatable bonds is 6. The van der Waals surface area contributed by atoms with Gasteiger partial charge in [0, 0.05) is 19.6 Å². The summed E-state index contributed by atoms with van der Waals surface area (Å²) in [7, 11) is 0. The second-order valence-electron chi connectivity index (χ2n) is 6.35. The molecule has 24 heavy (non-hydrogen) atoms. The molecule has 0 spiro atoms. The maximum atomic E-state index is 12.2. The second-order valence-corrected chi connectivity index (χ2v) is 6.35. The van der Waals surface area contributed by atoms with Crippen LogP contribution < -0.4 is 5.32 Å². The number of carbonyl (C=O) groups excluding carboxylic acids is 2. The Labute approximate surface area is 144 Å². The Kier molecular flexibility index (Phi) is 7.09. The van der Waals surface area contributed by atoms with E-state index in [1.165, 1.54) is 5.56 Å². The standard InChI is InChI=1S/C19H28N2O3/c1-3-24-18(22)17-10-13-21(14-11-17)19(23)20-12-9-15(2)16-7-5-4-6-8-16/h4-8,15,17H,3,9-14H2,1-2H3,(H,20,23). The van der Waals surface area contributed by atoms with Crippen molar-refractivity contribution in [3.05, 3.63) is 35.9 Å². The van der Waals surface area contributed by atoms with Crippen LogP contribution in [0.1, 0.15) is 44.6 Å². The van der Waals surface area contributed by atoms with Gasteiger partial charge in [0.15, 0.2) is 0 Å². The third kappa shape index (κ3) is 5.25. The fourth-order valence-corrected chi connectivity index (χ4v) is 3.03. The lowest BCUT2D eigenvalue weighted by Crippen LogP contribution is -2.46. The molecule has 0 aromatic heterocycles. The molecule has 0 radical (unpaired) electrons. The minimum atomic E-state index is -0.130. The molecule has 5 nitrogen and oxygen atoms in total. The van der Waals surface area contributed by atoms with Crippen molar-refractivity contribution in [1.29, 1.82) is 0 Å². The smallest absolute Gasteiger partial charge is 0.317 e. The molecule has 0 saturated carbocycles. The molecule has 5 heteroatoms. The van der Waals surface area contributed by atoms with E-state index in [0.29, 0.717) is 45.0 Å². The van der Waals surface area contributed by atoms with Gasteiger partial charge in [-0.15, -0.1) is 0 Å². The predicted molar refractivity (Wildman–Crippen MR) is 93.8 cm³/mol. The van der Waals surface area contributed by atoms with Gasteiger partial charge in [0.2, 0.25) is 0 Å². The Morgan fingerprint density at radius 1 is 1.25 bits per heavy atom. The summed E-state index contributed by atoms with van der Waals surface area (Å²) in [5.74, 6) is 0.224. The molecule has 1 fully saturated rings. The first kappa shape index (κ1) is 18.3. The van der Waals surface area contributed by atoms with Crippen molar-refractivity contribution >= 4 is 12.0 Å². The van der Waals surface area contributed by atoms with Gasteiger partial charge in [-0.3, -0.25) is 4.79 Å². The molecule has 1 atom stereocenters. The molecule has 1 aliphatic rings. The summed E-state index contributed by atoms with van der Waals surface area (Å²) in [5.41, 5.74) is 1.29. The second kappa shape index (κ2) is 9.30. The first-order valence-electron chi connectivity index (χ1n) is 8.86. The number of nitrogens with zero attached hydrogens (tertiary/aromatic N) is 1. The van der Waals surface area contributed by atoms with Crippen molar-refractivity contribution in [3.63, 3.8) is 0 Å². The van der Waals surface area contributed by atoms with Gasteiger partial charge in [-0.25, -0.2) is 4.79 Å². The van der Waals surface area contributed by atoms with E-state index in [2.05, 4.69) is 24.4 Å². The monoisotopic (exact) mass is 332 g/mol. The molecule has 132 valence electrons. The number of ether oxygens (including phenoxy) is 1. The quantitative estimate of drug-likeness (QED) is 0.814. The fourth-order valence-electron chi connectivity index (χ4n) is 3.03. The molecular weight excluding hydrogens is 304 g/mol. The van der Waals surface area contributed by atoms with Crippen LogP contribution in [0.4, 0.5) is 4.79 Å². The lowest BCUT2D eigenvalue weighted by Gasteiger charge is -2.31. The van der Waals surface area contributed by atoms with Crippen molar-refractivity contribution in [2.24, 2.45) is 5.92 Å². The van der Waals surface area contributed by atoms with Crippen molar-refractivity contribution < 1.29 is 14.3 Å². The minimum absolute atomic E-state index is 0.0300. The highest BCUT2D eigenvalue weighted by molar-refractivity contribution is 5.76. The van der Waals surface area contributed by atoms with E-state index in [-0.39, 0.29) is 17.9 Å². The van der Waals surface area contributed by atoms with E-state index in [4.69, 9.17) is 4.74 Å². The number of likely N-dealkylation sites (tertiary alicyclic amines) is 1. The van der Waals surface area contributed by atoms with Gasteiger partial charge < -0.3 is 15.0 Å². The zero-order valence-electron chi connectivity index (χ0n) is 14.7. The Bertz CT molecular complexity index is 525. The van der Waals surface area contributed by atoms with E-state index in [1.807, 2.05) is 25.1 Å². The normalized spacial score (nSPS) is 16.5. The molecule has 1 N–H and O–H groups in total. The maximum Gasteiger partial charge on any atom is 0.317 e. The molecule has 1 unspecified atom stereocenters. The van der Waals surface area contributed by atoms with Crippen LogP contribution in [0.2, 0.25) is 0 Å². The van der Waals surface area contributed by atoms with Crippen molar-refractivity contribution in [2.75, 3.05) is 26.2 Å². The number of hydrogen-bond donors (Lipinski definition) is 1. The number of hydrogen-bond acceptors (Lipinski definition) is 3. The Morgan fingerprint density at radius 3 is 2.54 bits per heavy atom. The van der Waals surface area contributed by atoms with Gasteiger partial charge in [-0.1, -0.05) is 37.3 Å². The third-order valence-electron chi connectivity index (χ3n) is 4.62. The van der Waals surface area contributed by atoms with E-state index in [9.17, 15) is 9.59 Å². The zero-order valence-corrected chi connectivity index (χ0v) is 14.7. The van der Waals surface area contributed by atoms with E-state index in [0.717, 1.165) is 6.42 Å². The number of amides is 2. The van der Waals surface area contributed by atoms with E-state index >= 15 is 0 Å². The summed E-state index contributed by atoms with van der Waals surface area (Å²) >= 11 is 0. The molecule has 1 aromatic rings. The first-order chi connectivity index (χ1) is 11.6. The lowest BCUT2D eigenvalue weighted by molar-refractivity contribution is -0.149. The molecule has 0 aliphatic carbocycles. The number of nitrogens with one attached hydrogen (secondary N) is 1. The highest BCUT2D eigenvalue weighted by atomic mass is 16.5. The van der Waals surface area contributed by atoms with Crippen LogP contribution in [0.5, 0.6) is 0 Å². The lowest BCUT2D eigenvalue weighted by atomic mass is 9.97. The molecule has 1 heterocycles. The van der Waals surface area contributed by atoms with Crippen molar-refractivity contribution in [3.8, 4) is 0 Å². The Morgan fingerprint density at radius 2 is 1.92 bits per heavy atom. The van der Waals surface area contributed by atoms with Crippen molar-refractivity contribution in [1.82, 2.24) is 10.2 Å². The number of carbonyl (C=O) groups is 2. The molecule has 1 aliphatic heterocycles. The van der Waals surface area contributed by atoms with Gasteiger partial charge >= 0.3 is 12.0 Å². The van der Waals surface area contributed by atoms with E-state index in [1.54, 1.807) is 4.90 Å². The third-order valence-corrected chi connectivity index (χ3v) is 4.62. The predicted octanol–water partition coefficient (Wildman–Crippen LogP) is 3.16. The molecular formula is C19H28N2O3. The average Bonchev–Trinajstić information content (AvgIpc) is 2.62. The molecule has 0 bridgehead atoms. The Balaban J connectivity index is 1.68. The molecule has 2 rings (SSSR count). The van der Waals surface area contributed by atoms with Crippen LogP contribution >= 0.6 is 0 Å². The van der Waals surface area contributed by atoms with Crippen LogP contribution in [0.15, 0.2) is 30.3 Å². The number of piperidine rings is 1. The topological polar surface area (TPSA) is 58.6 Å². The van der Waals surface area contributed by atoms with Gasteiger partial charge in [0.1, 0.15) is 0 Å². The summed E-state index contributed by atoms with van der Waals surface area (Å²) < 4.78 is 5.05. The maximum absolute atomic E-state index is 12.2. The van der Waals surface area contributed by atoms with Gasteiger partial charge in [-0.2, -0.15) is 0 Å². The summed E-state index contributed by atoms with van der Waals surface area (Å²) in [6.45, 7) is 6.29. The van der Waals surface area contributed by atoms with Gasteiger partial charge in [0.25, 0.3) is 0 Å². The largest absolute Gasteiger partial charge is 0.466 e. The van der Waals surface area contributed by atoms with Crippen LogP contribution in [0.25, 0.3) is 0 Å². The molecule has 2 amide bonds. The van der Waals surface area contributed by atoms with E-state index < -0.39 is 0 Å². The number of urea groups is 1. The van der Waals surface area contributed by atoms with Gasteiger partial charge in [0.05, 0.1) is 12.5 Å². The minimum Gasteiger partial charge on any atom is -0.466 e. The summed E-state index contributed by atoms with van der Waals surface area (Å²) in [4.78, 5) is 25.7. The summed E-state index contributed by atoms with van der Waals surface area (Å²) in [6.07, 6.45) is 2.29. The Hall–Kier alpha value is -2.04.